The number of para-hydroxylation sites is 1. The van der Waals surface area contributed by atoms with E-state index in [1.807, 2.05) is 12.1 Å². The van der Waals surface area contributed by atoms with Crippen LogP contribution in [0.2, 0.25) is 0 Å². The molecule has 0 spiro atoms. The fourth-order valence-corrected chi connectivity index (χ4v) is 2.77. The lowest BCUT2D eigenvalue weighted by Crippen LogP contribution is -2.25. The Labute approximate surface area is 111 Å². The molecule has 2 heteroatoms. The van der Waals surface area contributed by atoms with Crippen LogP contribution in [0, 0.1) is 0 Å². The smallest absolute Gasteiger partial charge is 0.127 e. The summed E-state index contributed by atoms with van der Waals surface area (Å²) >= 11 is 0. The molecule has 1 atom stereocenters. The minimum Gasteiger partial charge on any atom is -0.487 e. The number of ether oxygens (including phenoxy) is 1. The monoisotopic (exact) mass is 258 g/mol. The second kappa shape index (κ2) is 5.54. The molecule has 0 fully saturated rings. The highest BCUT2D eigenvalue weighted by Gasteiger charge is 2.14. The van der Waals surface area contributed by atoms with Crippen molar-refractivity contribution in [3.05, 3.63) is 54.6 Å². The van der Waals surface area contributed by atoms with Crippen LogP contribution in [0.15, 0.2) is 54.6 Å². The molecule has 0 bridgehead atoms. The van der Waals surface area contributed by atoms with E-state index in [2.05, 4.69) is 63.2 Å². The molecule has 0 N–H and O–H groups in total. The predicted molar refractivity (Wildman–Crippen MR) is 80.8 cm³/mol. The molecular weight excluding hydrogens is 239 g/mol. The van der Waals surface area contributed by atoms with Crippen molar-refractivity contribution in [1.29, 1.82) is 0 Å². The Hall–Kier alpha value is -1.33. The standard InChI is InChI=1S/C16H19OP/c1-16(2,3)17-14-11-7-8-12-15(14)18-13-9-5-4-6-10-13/h4-12,18H,1-3H3. The van der Waals surface area contributed by atoms with E-state index in [4.69, 9.17) is 4.74 Å². The average molecular weight is 258 g/mol. The Morgan fingerprint density at radius 2 is 1.44 bits per heavy atom. The van der Waals surface area contributed by atoms with Crippen LogP contribution >= 0.6 is 8.58 Å². The molecule has 0 aliphatic rings. The highest BCUT2D eigenvalue weighted by Crippen LogP contribution is 2.22. The normalized spacial score (nSPS) is 11.9. The Morgan fingerprint density at radius 3 is 2.11 bits per heavy atom. The number of hydrogen-bond donors (Lipinski definition) is 0. The molecule has 1 unspecified atom stereocenters. The topological polar surface area (TPSA) is 9.23 Å². The maximum Gasteiger partial charge on any atom is 0.127 e. The van der Waals surface area contributed by atoms with E-state index in [1.165, 1.54) is 10.6 Å². The molecule has 0 radical (unpaired) electrons. The van der Waals surface area contributed by atoms with Crippen molar-refractivity contribution in [2.45, 2.75) is 26.4 Å². The summed E-state index contributed by atoms with van der Waals surface area (Å²) in [7, 11) is 0.636. The summed E-state index contributed by atoms with van der Waals surface area (Å²) in [5, 5.41) is 2.60. The molecule has 0 amide bonds. The fraction of sp³-hybridized carbons (Fsp3) is 0.250. The van der Waals surface area contributed by atoms with Gasteiger partial charge in [0, 0.05) is 5.30 Å². The Balaban J connectivity index is 2.23. The van der Waals surface area contributed by atoms with Gasteiger partial charge in [-0.05, 0) is 32.1 Å². The molecule has 0 aliphatic heterocycles. The highest BCUT2D eigenvalue weighted by molar-refractivity contribution is 7.55. The first-order chi connectivity index (χ1) is 8.54. The number of hydrogen-bond acceptors (Lipinski definition) is 1. The summed E-state index contributed by atoms with van der Waals surface area (Å²) in [6.07, 6.45) is 0. The van der Waals surface area contributed by atoms with Gasteiger partial charge in [0.05, 0.1) is 0 Å². The van der Waals surface area contributed by atoms with Gasteiger partial charge in [0.1, 0.15) is 11.4 Å². The zero-order valence-corrected chi connectivity index (χ0v) is 12.1. The van der Waals surface area contributed by atoms with E-state index < -0.39 is 0 Å². The molecule has 2 aromatic rings. The third kappa shape index (κ3) is 3.85. The van der Waals surface area contributed by atoms with Crippen molar-refractivity contribution in [3.63, 3.8) is 0 Å². The van der Waals surface area contributed by atoms with Crippen LogP contribution in [0.4, 0.5) is 0 Å². The van der Waals surface area contributed by atoms with Crippen molar-refractivity contribution in [1.82, 2.24) is 0 Å². The third-order valence-electron chi connectivity index (χ3n) is 2.36. The number of benzene rings is 2. The minimum absolute atomic E-state index is 0.155. The van der Waals surface area contributed by atoms with Crippen LogP contribution in [0.5, 0.6) is 5.75 Å². The molecular formula is C16H19OP. The van der Waals surface area contributed by atoms with Crippen LogP contribution < -0.4 is 15.3 Å². The van der Waals surface area contributed by atoms with Crippen molar-refractivity contribution < 1.29 is 4.74 Å². The van der Waals surface area contributed by atoms with Crippen molar-refractivity contribution in [2.24, 2.45) is 0 Å². The van der Waals surface area contributed by atoms with Gasteiger partial charge in [-0.2, -0.15) is 0 Å². The summed E-state index contributed by atoms with van der Waals surface area (Å²) in [6.45, 7) is 6.24. The van der Waals surface area contributed by atoms with Crippen LogP contribution in [0.1, 0.15) is 20.8 Å². The SMILES string of the molecule is CC(C)(C)Oc1ccccc1Pc1ccccc1. The first-order valence-corrected chi connectivity index (χ1v) is 7.15. The predicted octanol–water partition coefficient (Wildman–Crippen LogP) is 3.49. The van der Waals surface area contributed by atoms with Gasteiger partial charge in [-0.3, -0.25) is 0 Å². The fourth-order valence-electron chi connectivity index (χ4n) is 1.67. The lowest BCUT2D eigenvalue weighted by Gasteiger charge is -2.23. The second-order valence-electron chi connectivity index (χ2n) is 5.20. The summed E-state index contributed by atoms with van der Waals surface area (Å²) in [5.74, 6) is 0.993. The average Bonchev–Trinajstić information content (AvgIpc) is 2.31. The van der Waals surface area contributed by atoms with Gasteiger partial charge < -0.3 is 4.74 Å². The summed E-state index contributed by atoms with van der Waals surface area (Å²) in [6, 6.07) is 18.8. The van der Waals surface area contributed by atoms with Crippen LogP contribution in [0.3, 0.4) is 0 Å². The first-order valence-electron chi connectivity index (χ1n) is 6.15. The van der Waals surface area contributed by atoms with Gasteiger partial charge in [-0.15, -0.1) is 0 Å². The van der Waals surface area contributed by atoms with Gasteiger partial charge in [0.15, 0.2) is 0 Å². The molecule has 1 nitrogen and oxygen atoms in total. The molecule has 0 saturated carbocycles. The van der Waals surface area contributed by atoms with E-state index in [1.54, 1.807) is 0 Å². The summed E-state index contributed by atoms with van der Waals surface area (Å²) in [4.78, 5) is 0. The van der Waals surface area contributed by atoms with E-state index >= 15 is 0 Å². The highest BCUT2D eigenvalue weighted by atomic mass is 31.1. The maximum absolute atomic E-state index is 6.01. The molecule has 0 aromatic heterocycles. The van der Waals surface area contributed by atoms with Crippen molar-refractivity contribution in [3.8, 4) is 5.75 Å². The zero-order valence-electron chi connectivity index (χ0n) is 11.1. The Kier molecular flexibility index (Phi) is 4.04. The summed E-state index contributed by atoms with van der Waals surface area (Å²) < 4.78 is 6.01. The van der Waals surface area contributed by atoms with Crippen molar-refractivity contribution >= 4 is 19.2 Å². The number of rotatable bonds is 3. The lowest BCUT2D eigenvalue weighted by atomic mass is 10.2. The van der Waals surface area contributed by atoms with Crippen LogP contribution in [0.25, 0.3) is 0 Å². The van der Waals surface area contributed by atoms with E-state index in [0.717, 1.165) is 5.75 Å². The molecule has 0 heterocycles. The van der Waals surface area contributed by atoms with E-state index in [-0.39, 0.29) is 5.60 Å². The molecule has 94 valence electrons. The molecule has 2 aromatic carbocycles. The van der Waals surface area contributed by atoms with Crippen LogP contribution in [-0.4, -0.2) is 5.60 Å². The van der Waals surface area contributed by atoms with Crippen molar-refractivity contribution in [2.75, 3.05) is 0 Å². The van der Waals surface area contributed by atoms with Gasteiger partial charge in [0.25, 0.3) is 0 Å². The second-order valence-corrected chi connectivity index (χ2v) is 6.57. The largest absolute Gasteiger partial charge is 0.487 e. The van der Waals surface area contributed by atoms with Gasteiger partial charge in [0.2, 0.25) is 0 Å². The molecule has 2 rings (SSSR count). The third-order valence-corrected chi connectivity index (χ3v) is 3.66. The van der Waals surface area contributed by atoms with Gasteiger partial charge in [-0.1, -0.05) is 57.1 Å². The molecule has 0 aliphatic carbocycles. The van der Waals surface area contributed by atoms with Crippen LogP contribution in [-0.2, 0) is 0 Å². The lowest BCUT2D eigenvalue weighted by molar-refractivity contribution is 0.132. The maximum atomic E-state index is 6.01. The van der Waals surface area contributed by atoms with E-state index in [0.29, 0.717) is 8.58 Å². The molecule has 0 saturated heterocycles. The Morgan fingerprint density at radius 1 is 0.833 bits per heavy atom. The Bertz CT molecular complexity index is 500. The quantitative estimate of drug-likeness (QED) is 0.766. The summed E-state index contributed by atoms with van der Waals surface area (Å²) in [5.41, 5.74) is -0.155. The van der Waals surface area contributed by atoms with Gasteiger partial charge in [-0.25, -0.2) is 0 Å². The minimum atomic E-state index is -0.155. The van der Waals surface area contributed by atoms with E-state index in [9.17, 15) is 0 Å². The first kappa shape index (κ1) is 13.1. The zero-order chi connectivity index (χ0) is 13.0. The molecule has 18 heavy (non-hydrogen) atoms. The van der Waals surface area contributed by atoms with Gasteiger partial charge >= 0.3 is 0 Å².